The van der Waals surface area contributed by atoms with E-state index in [0.717, 1.165) is 17.8 Å². The Morgan fingerprint density at radius 3 is 2.52 bits per heavy atom. The lowest BCUT2D eigenvalue weighted by molar-refractivity contribution is 0.628. The van der Waals surface area contributed by atoms with Crippen molar-refractivity contribution < 1.29 is 0 Å². The fourth-order valence-corrected chi connectivity index (χ4v) is 2.77. The highest BCUT2D eigenvalue weighted by atomic mass is 14.9. The van der Waals surface area contributed by atoms with Crippen LogP contribution in [-0.4, -0.2) is 16.5 Å². The van der Waals surface area contributed by atoms with Crippen molar-refractivity contribution >= 4 is 10.9 Å². The van der Waals surface area contributed by atoms with Gasteiger partial charge in [-0.05, 0) is 42.8 Å². The van der Waals surface area contributed by atoms with Crippen molar-refractivity contribution in [1.29, 1.82) is 0 Å². The largest absolute Gasteiger partial charge is 0.306 e. The molecule has 2 aromatic heterocycles. The molecule has 0 bridgehead atoms. The predicted octanol–water partition coefficient (Wildman–Crippen LogP) is 3.64. The molecule has 0 amide bonds. The molecule has 3 rings (SSSR count). The van der Waals surface area contributed by atoms with Gasteiger partial charge in [-0.1, -0.05) is 31.2 Å². The van der Waals surface area contributed by atoms with Crippen molar-refractivity contribution in [3.05, 3.63) is 71.7 Å². The van der Waals surface area contributed by atoms with Crippen molar-refractivity contribution in [2.24, 2.45) is 0 Å². The lowest BCUT2D eigenvalue weighted by Crippen LogP contribution is -2.23. The molecule has 1 N–H and O–H groups in total. The molecule has 106 valence electrons. The number of hydrogen-bond donors (Lipinski definition) is 1. The van der Waals surface area contributed by atoms with Crippen LogP contribution in [0.1, 0.15) is 29.8 Å². The lowest BCUT2D eigenvalue weighted by atomic mass is 9.94. The minimum absolute atomic E-state index is 0.136. The fraction of sp³-hybridized carbons (Fsp3) is 0.222. The quantitative estimate of drug-likeness (QED) is 0.791. The van der Waals surface area contributed by atoms with Crippen molar-refractivity contribution in [3.8, 4) is 0 Å². The first kappa shape index (κ1) is 13.7. The van der Waals surface area contributed by atoms with E-state index < -0.39 is 0 Å². The van der Waals surface area contributed by atoms with Crippen molar-refractivity contribution in [2.75, 3.05) is 6.54 Å². The van der Waals surface area contributed by atoms with Gasteiger partial charge in [0.05, 0.1) is 11.6 Å². The van der Waals surface area contributed by atoms with Crippen LogP contribution in [0.3, 0.4) is 0 Å². The molecule has 3 aromatic rings. The fourth-order valence-electron chi connectivity index (χ4n) is 2.77. The molecule has 2 heterocycles. The summed E-state index contributed by atoms with van der Waals surface area (Å²) < 4.78 is 0. The Bertz CT molecular complexity index is 747. The SMILES string of the molecule is CCNC(c1cccnc1C)c1cccc2ncccc12. The van der Waals surface area contributed by atoms with Gasteiger partial charge in [-0.2, -0.15) is 0 Å². The van der Waals surface area contributed by atoms with Crippen molar-refractivity contribution in [2.45, 2.75) is 19.9 Å². The van der Waals surface area contributed by atoms with Gasteiger partial charge in [-0.3, -0.25) is 9.97 Å². The number of rotatable bonds is 4. The van der Waals surface area contributed by atoms with Gasteiger partial charge in [0.2, 0.25) is 0 Å². The predicted molar refractivity (Wildman–Crippen MR) is 86.2 cm³/mol. The van der Waals surface area contributed by atoms with Gasteiger partial charge in [0.1, 0.15) is 0 Å². The highest BCUT2D eigenvalue weighted by Crippen LogP contribution is 2.29. The van der Waals surface area contributed by atoms with Gasteiger partial charge in [0.25, 0.3) is 0 Å². The Balaban J connectivity index is 2.19. The first-order valence-electron chi connectivity index (χ1n) is 7.29. The van der Waals surface area contributed by atoms with Crippen LogP contribution in [0.4, 0.5) is 0 Å². The van der Waals surface area contributed by atoms with Gasteiger partial charge < -0.3 is 5.32 Å². The monoisotopic (exact) mass is 277 g/mol. The first-order valence-corrected chi connectivity index (χ1v) is 7.29. The third kappa shape index (κ3) is 2.65. The molecule has 0 aliphatic carbocycles. The van der Waals surface area contributed by atoms with Gasteiger partial charge >= 0.3 is 0 Å². The molecule has 1 aromatic carbocycles. The van der Waals surface area contributed by atoms with E-state index in [1.165, 1.54) is 16.5 Å². The maximum Gasteiger partial charge on any atom is 0.0705 e. The Hall–Kier alpha value is -2.26. The van der Waals surface area contributed by atoms with Crippen LogP contribution in [-0.2, 0) is 0 Å². The summed E-state index contributed by atoms with van der Waals surface area (Å²) in [7, 11) is 0. The number of benzene rings is 1. The molecule has 1 unspecified atom stereocenters. The Morgan fingerprint density at radius 1 is 0.952 bits per heavy atom. The van der Waals surface area contributed by atoms with Crippen LogP contribution in [0.5, 0.6) is 0 Å². The minimum atomic E-state index is 0.136. The second-order valence-electron chi connectivity index (χ2n) is 5.09. The summed E-state index contributed by atoms with van der Waals surface area (Å²) in [6, 6.07) is 14.7. The van der Waals surface area contributed by atoms with E-state index in [0.29, 0.717) is 0 Å². The zero-order valence-electron chi connectivity index (χ0n) is 12.4. The van der Waals surface area contributed by atoms with Crippen LogP contribution < -0.4 is 5.32 Å². The first-order chi connectivity index (χ1) is 10.3. The number of pyridine rings is 2. The van der Waals surface area contributed by atoms with E-state index in [9.17, 15) is 0 Å². The van der Waals surface area contributed by atoms with Gasteiger partial charge in [-0.15, -0.1) is 0 Å². The number of nitrogens with one attached hydrogen (secondary N) is 1. The van der Waals surface area contributed by atoms with E-state index in [1.807, 2.05) is 24.5 Å². The van der Waals surface area contributed by atoms with E-state index in [4.69, 9.17) is 0 Å². The van der Waals surface area contributed by atoms with Crippen LogP contribution in [0.25, 0.3) is 10.9 Å². The Kier molecular flexibility index (Phi) is 3.93. The number of hydrogen-bond acceptors (Lipinski definition) is 3. The van der Waals surface area contributed by atoms with E-state index in [-0.39, 0.29) is 6.04 Å². The minimum Gasteiger partial charge on any atom is -0.306 e. The molecular formula is C18H19N3. The summed E-state index contributed by atoms with van der Waals surface area (Å²) in [5.74, 6) is 0. The number of aryl methyl sites for hydroxylation is 1. The molecule has 0 spiro atoms. The highest BCUT2D eigenvalue weighted by molar-refractivity contribution is 5.83. The normalized spacial score (nSPS) is 12.5. The third-order valence-corrected chi connectivity index (χ3v) is 3.76. The topological polar surface area (TPSA) is 37.8 Å². The summed E-state index contributed by atoms with van der Waals surface area (Å²) in [4.78, 5) is 8.89. The summed E-state index contributed by atoms with van der Waals surface area (Å²) >= 11 is 0. The van der Waals surface area contributed by atoms with E-state index >= 15 is 0 Å². The van der Waals surface area contributed by atoms with Gasteiger partial charge in [-0.25, -0.2) is 0 Å². The molecule has 3 heteroatoms. The Morgan fingerprint density at radius 2 is 1.71 bits per heavy atom. The van der Waals surface area contributed by atoms with Gasteiger partial charge in [0.15, 0.2) is 0 Å². The van der Waals surface area contributed by atoms with Crippen LogP contribution >= 0.6 is 0 Å². The third-order valence-electron chi connectivity index (χ3n) is 3.76. The molecule has 0 saturated heterocycles. The maximum atomic E-state index is 4.46. The average molecular weight is 277 g/mol. The zero-order chi connectivity index (χ0) is 14.7. The summed E-state index contributed by atoms with van der Waals surface area (Å²) in [6.07, 6.45) is 3.68. The van der Waals surface area contributed by atoms with Crippen LogP contribution in [0, 0.1) is 6.92 Å². The van der Waals surface area contributed by atoms with Crippen molar-refractivity contribution in [1.82, 2.24) is 15.3 Å². The van der Waals surface area contributed by atoms with Crippen LogP contribution in [0.2, 0.25) is 0 Å². The molecule has 3 nitrogen and oxygen atoms in total. The lowest BCUT2D eigenvalue weighted by Gasteiger charge is -2.21. The van der Waals surface area contributed by atoms with E-state index in [1.54, 1.807) is 0 Å². The molecule has 0 aliphatic heterocycles. The smallest absolute Gasteiger partial charge is 0.0705 e. The molecule has 0 saturated carbocycles. The zero-order valence-corrected chi connectivity index (χ0v) is 12.4. The maximum absolute atomic E-state index is 4.46. The second kappa shape index (κ2) is 6.02. The van der Waals surface area contributed by atoms with Crippen molar-refractivity contribution in [3.63, 3.8) is 0 Å². The molecule has 21 heavy (non-hydrogen) atoms. The number of fused-ring (bicyclic) bond motifs is 1. The number of aromatic nitrogens is 2. The molecule has 0 radical (unpaired) electrons. The molecule has 0 fully saturated rings. The average Bonchev–Trinajstić information content (AvgIpc) is 2.53. The Labute approximate surface area is 125 Å². The standard InChI is InChI=1S/C18H19N3/c1-3-19-18(14-8-5-11-20-13(14)2)16-7-4-10-17-15(16)9-6-12-21-17/h4-12,18-19H,3H2,1-2H3. The molecule has 1 atom stereocenters. The number of nitrogens with zero attached hydrogens (tertiary/aromatic N) is 2. The van der Waals surface area contributed by atoms with Crippen LogP contribution in [0.15, 0.2) is 54.9 Å². The summed E-state index contributed by atoms with van der Waals surface area (Å²) in [5, 5.41) is 4.77. The summed E-state index contributed by atoms with van der Waals surface area (Å²) in [6.45, 7) is 5.08. The second-order valence-corrected chi connectivity index (χ2v) is 5.09. The summed E-state index contributed by atoms with van der Waals surface area (Å²) in [5.41, 5.74) is 4.55. The molecular weight excluding hydrogens is 258 g/mol. The van der Waals surface area contributed by atoms with E-state index in [2.05, 4.69) is 59.5 Å². The highest BCUT2D eigenvalue weighted by Gasteiger charge is 2.17. The molecule has 0 aliphatic rings. The van der Waals surface area contributed by atoms with Gasteiger partial charge in [0, 0.05) is 23.5 Å².